The smallest absolute Gasteiger partial charge is 0.226 e. The number of nitrogens with one attached hydrogen (secondary N) is 1. The van der Waals surface area contributed by atoms with Gasteiger partial charge in [-0.3, -0.25) is 4.90 Å². The molecule has 0 radical (unpaired) electrons. The lowest BCUT2D eigenvalue weighted by atomic mass is 10.1. The van der Waals surface area contributed by atoms with Crippen molar-refractivity contribution in [1.29, 1.82) is 0 Å². The maximum absolute atomic E-state index is 13.0. The van der Waals surface area contributed by atoms with Gasteiger partial charge < -0.3 is 19.5 Å². The van der Waals surface area contributed by atoms with Crippen LogP contribution >= 0.6 is 11.6 Å². The highest BCUT2D eigenvalue weighted by Gasteiger charge is 2.29. The van der Waals surface area contributed by atoms with Crippen LogP contribution in [0.2, 0.25) is 5.28 Å². The SMILES string of the molecule is CCn1c(CNCCC(C)N2CC(F)C2)nc2c(N3CCOCC3)nc(Cl)nc21. The molecule has 29 heavy (non-hydrogen) atoms. The molecular weight excluding hydrogens is 397 g/mol. The lowest BCUT2D eigenvalue weighted by molar-refractivity contribution is 0.0308. The fourth-order valence-corrected chi connectivity index (χ4v) is 4.14. The Labute approximate surface area is 175 Å². The van der Waals surface area contributed by atoms with Gasteiger partial charge in [-0.05, 0) is 38.4 Å². The van der Waals surface area contributed by atoms with Gasteiger partial charge in [0.15, 0.2) is 17.0 Å². The molecule has 2 aliphatic heterocycles. The highest BCUT2D eigenvalue weighted by molar-refractivity contribution is 6.28. The second-order valence-corrected chi connectivity index (χ2v) is 8.06. The quantitative estimate of drug-likeness (QED) is 0.511. The summed E-state index contributed by atoms with van der Waals surface area (Å²) in [4.78, 5) is 18.1. The van der Waals surface area contributed by atoms with Crippen LogP contribution < -0.4 is 10.2 Å². The number of ether oxygens (including phenoxy) is 1. The van der Waals surface area contributed by atoms with E-state index in [9.17, 15) is 4.39 Å². The number of alkyl halides is 1. The van der Waals surface area contributed by atoms with Crippen LogP contribution in [-0.4, -0.2) is 82.6 Å². The lowest BCUT2D eigenvalue weighted by Gasteiger charge is -2.39. The van der Waals surface area contributed by atoms with E-state index in [2.05, 4.69) is 43.5 Å². The van der Waals surface area contributed by atoms with E-state index in [0.717, 1.165) is 55.4 Å². The molecule has 1 atom stereocenters. The summed E-state index contributed by atoms with van der Waals surface area (Å²) in [6, 6.07) is 0.386. The van der Waals surface area contributed by atoms with Crippen LogP contribution in [0.3, 0.4) is 0 Å². The predicted octanol–water partition coefficient (Wildman–Crippen LogP) is 1.86. The van der Waals surface area contributed by atoms with E-state index in [-0.39, 0.29) is 5.28 Å². The third kappa shape index (κ3) is 4.47. The zero-order valence-corrected chi connectivity index (χ0v) is 17.8. The number of anilines is 1. The van der Waals surface area contributed by atoms with Gasteiger partial charge in [0.25, 0.3) is 0 Å². The van der Waals surface area contributed by atoms with E-state index in [0.29, 0.717) is 38.9 Å². The molecule has 1 N–H and O–H groups in total. The van der Waals surface area contributed by atoms with Crippen molar-refractivity contribution >= 4 is 28.6 Å². The molecule has 2 aliphatic rings. The second kappa shape index (κ2) is 9.07. The number of aryl methyl sites for hydroxylation is 1. The fraction of sp³-hybridized carbons (Fsp3) is 0.737. The van der Waals surface area contributed by atoms with Gasteiger partial charge in [0, 0.05) is 38.8 Å². The molecule has 8 nitrogen and oxygen atoms in total. The molecule has 0 amide bonds. The fourth-order valence-electron chi connectivity index (χ4n) is 3.98. The zero-order valence-electron chi connectivity index (χ0n) is 17.1. The summed E-state index contributed by atoms with van der Waals surface area (Å²) in [6.45, 7) is 10.5. The van der Waals surface area contributed by atoms with E-state index >= 15 is 0 Å². The first-order chi connectivity index (χ1) is 14.1. The van der Waals surface area contributed by atoms with E-state index in [1.165, 1.54) is 0 Å². The van der Waals surface area contributed by atoms with Gasteiger partial charge in [0.05, 0.1) is 19.8 Å². The Morgan fingerprint density at radius 2 is 2.00 bits per heavy atom. The molecule has 0 aliphatic carbocycles. The minimum absolute atomic E-state index is 0.239. The lowest BCUT2D eigenvalue weighted by Crippen LogP contribution is -2.53. The average Bonchev–Trinajstić information content (AvgIpc) is 3.05. The largest absolute Gasteiger partial charge is 0.378 e. The zero-order chi connectivity index (χ0) is 20.4. The molecule has 4 rings (SSSR count). The maximum atomic E-state index is 13.0. The number of imidazole rings is 1. The number of fused-ring (bicyclic) bond motifs is 1. The summed E-state index contributed by atoms with van der Waals surface area (Å²) >= 11 is 6.23. The first kappa shape index (κ1) is 20.7. The number of morpholine rings is 1. The summed E-state index contributed by atoms with van der Waals surface area (Å²) in [5.74, 6) is 1.71. The standard InChI is InChI=1S/C19H29ClFN7O/c1-3-28-15(10-22-5-4-13(2)27-11-14(21)12-27)23-16-17(24-19(20)25-18(16)28)26-6-8-29-9-7-26/h13-14,22H,3-12H2,1-2H3. The van der Waals surface area contributed by atoms with Gasteiger partial charge in [-0.25, -0.2) is 9.37 Å². The monoisotopic (exact) mass is 425 g/mol. The van der Waals surface area contributed by atoms with Gasteiger partial charge in [-0.15, -0.1) is 0 Å². The molecule has 0 saturated carbocycles. The molecular formula is C19H29ClFN7O. The molecule has 2 fully saturated rings. The molecule has 0 aromatic carbocycles. The number of hydrogen-bond donors (Lipinski definition) is 1. The number of likely N-dealkylation sites (tertiary alicyclic amines) is 1. The number of halogens is 2. The Morgan fingerprint density at radius 1 is 1.24 bits per heavy atom. The van der Waals surface area contributed by atoms with E-state index in [4.69, 9.17) is 21.3 Å². The van der Waals surface area contributed by atoms with Crippen molar-refractivity contribution in [1.82, 2.24) is 29.7 Å². The normalized spacial score (nSPS) is 19.7. The molecule has 4 heterocycles. The summed E-state index contributed by atoms with van der Waals surface area (Å²) < 4.78 is 20.6. The van der Waals surface area contributed by atoms with Crippen LogP contribution in [0.4, 0.5) is 10.2 Å². The molecule has 0 spiro atoms. The van der Waals surface area contributed by atoms with E-state index in [1.807, 2.05) is 0 Å². The van der Waals surface area contributed by atoms with Gasteiger partial charge in [0.2, 0.25) is 5.28 Å². The van der Waals surface area contributed by atoms with Crippen molar-refractivity contribution in [3.63, 3.8) is 0 Å². The van der Waals surface area contributed by atoms with Crippen molar-refractivity contribution < 1.29 is 9.13 Å². The molecule has 2 aromatic heterocycles. The Morgan fingerprint density at radius 3 is 2.69 bits per heavy atom. The van der Waals surface area contributed by atoms with Gasteiger partial charge >= 0.3 is 0 Å². The van der Waals surface area contributed by atoms with Crippen LogP contribution in [0.15, 0.2) is 0 Å². The first-order valence-electron chi connectivity index (χ1n) is 10.4. The highest BCUT2D eigenvalue weighted by atomic mass is 35.5. The van der Waals surface area contributed by atoms with Crippen molar-refractivity contribution in [3.05, 3.63) is 11.1 Å². The van der Waals surface area contributed by atoms with Crippen molar-refractivity contribution in [2.45, 2.75) is 45.6 Å². The van der Waals surface area contributed by atoms with Gasteiger partial charge in [-0.1, -0.05) is 0 Å². The predicted molar refractivity (Wildman–Crippen MR) is 111 cm³/mol. The van der Waals surface area contributed by atoms with Crippen molar-refractivity contribution in [2.24, 2.45) is 0 Å². The first-order valence-corrected chi connectivity index (χ1v) is 10.8. The Balaban J connectivity index is 1.46. The van der Waals surface area contributed by atoms with Gasteiger partial charge in [-0.2, -0.15) is 9.97 Å². The Kier molecular flexibility index (Phi) is 6.48. The minimum Gasteiger partial charge on any atom is -0.378 e. The van der Waals surface area contributed by atoms with Gasteiger partial charge in [0.1, 0.15) is 12.0 Å². The molecule has 2 aromatic rings. The van der Waals surface area contributed by atoms with Crippen LogP contribution in [0, 0.1) is 0 Å². The molecule has 1 unspecified atom stereocenters. The Hall–Kier alpha value is -1.55. The number of rotatable bonds is 8. The molecule has 0 bridgehead atoms. The highest BCUT2D eigenvalue weighted by Crippen LogP contribution is 2.26. The summed E-state index contributed by atoms with van der Waals surface area (Å²) in [6.07, 6.45) is 0.326. The third-order valence-corrected chi connectivity index (χ3v) is 5.93. The third-order valence-electron chi connectivity index (χ3n) is 5.77. The van der Waals surface area contributed by atoms with Crippen LogP contribution in [-0.2, 0) is 17.8 Å². The summed E-state index contributed by atoms with van der Waals surface area (Å²) in [5, 5.41) is 3.72. The molecule has 2 saturated heterocycles. The van der Waals surface area contributed by atoms with Crippen LogP contribution in [0.25, 0.3) is 11.2 Å². The minimum atomic E-state index is -0.650. The molecule has 10 heteroatoms. The van der Waals surface area contributed by atoms with E-state index < -0.39 is 6.17 Å². The second-order valence-electron chi connectivity index (χ2n) is 7.73. The Bertz CT molecular complexity index is 836. The topological polar surface area (TPSA) is 71.3 Å². The van der Waals surface area contributed by atoms with Crippen LogP contribution in [0.1, 0.15) is 26.1 Å². The van der Waals surface area contributed by atoms with Crippen molar-refractivity contribution in [2.75, 3.05) is 50.8 Å². The van der Waals surface area contributed by atoms with Crippen LogP contribution in [0.5, 0.6) is 0 Å². The number of nitrogens with zero attached hydrogens (tertiary/aromatic N) is 6. The van der Waals surface area contributed by atoms with Crippen molar-refractivity contribution in [3.8, 4) is 0 Å². The maximum Gasteiger partial charge on any atom is 0.226 e. The summed E-state index contributed by atoms with van der Waals surface area (Å²) in [5.41, 5.74) is 1.56. The summed E-state index contributed by atoms with van der Waals surface area (Å²) in [7, 11) is 0. The average molecular weight is 426 g/mol. The number of hydrogen-bond acceptors (Lipinski definition) is 7. The number of aromatic nitrogens is 4. The molecule has 160 valence electrons. The van der Waals surface area contributed by atoms with E-state index in [1.54, 1.807) is 0 Å².